The van der Waals surface area contributed by atoms with Crippen LogP contribution in [0.2, 0.25) is 26.2 Å². The molecule has 0 atom stereocenters. The van der Waals surface area contributed by atoms with Gasteiger partial charge in [0.15, 0.2) is 0 Å². The van der Waals surface area contributed by atoms with Gasteiger partial charge in [0.2, 0.25) is 0 Å². The van der Waals surface area contributed by atoms with E-state index in [9.17, 15) is 0 Å². The number of hydrogen-bond donors (Lipinski definition) is 0. The maximum atomic E-state index is 5.90. The highest BCUT2D eigenvalue weighted by atomic mass is 28.3. The average molecular weight is 375 g/mol. The monoisotopic (exact) mass is 374 g/mol. The van der Waals surface area contributed by atoms with Gasteiger partial charge in [0, 0.05) is 0 Å². The lowest BCUT2D eigenvalue weighted by molar-refractivity contribution is 0.418. The van der Waals surface area contributed by atoms with Crippen molar-refractivity contribution in [2.75, 3.05) is 7.11 Å². The summed E-state index contributed by atoms with van der Waals surface area (Å²) in [5, 5.41) is 6.05. The maximum absolute atomic E-state index is 5.90. The van der Waals surface area contributed by atoms with Crippen LogP contribution in [0.3, 0.4) is 0 Å². The minimum atomic E-state index is -1.93. The zero-order valence-electron chi connectivity index (χ0n) is 16.3. The van der Waals surface area contributed by atoms with Gasteiger partial charge in [-0.1, -0.05) is 92.0 Å². The summed E-state index contributed by atoms with van der Waals surface area (Å²) in [6, 6.07) is 24.8. The molecule has 0 aliphatic carbocycles. The lowest BCUT2D eigenvalue weighted by atomic mass is 10.1. The van der Waals surface area contributed by atoms with Crippen molar-refractivity contribution >= 4 is 36.9 Å². The average Bonchev–Trinajstić information content (AvgIpc) is 2.66. The molecule has 3 aromatic carbocycles. The molecule has 0 fully saturated rings. The maximum Gasteiger partial charge on any atom is 0.118 e. The number of ether oxygens (including phenoxy) is 1. The zero-order chi connectivity index (χ0) is 18.5. The first-order valence-electron chi connectivity index (χ1n) is 9.26. The Labute approximate surface area is 158 Å². The van der Waals surface area contributed by atoms with Crippen molar-refractivity contribution in [2.24, 2.45) is 0 Å². The normalized spacial score (nSPS) is 16.5. The Morgan fingerprint density at radius 3 is 1.65 bits per heavy atom. The minimum absolute atomic E-state index is 1.06. The summed E-state index contributed by atoms with van der Waals surface area (Å²) in [4.78, 5) is 0. The van der Waals surface area contributed by atoms with E-state index in [0.29, 0.717) is 0 Å². The van der Waals surface area contributed by atoms with Crippen LogP contribution in [0.1, 0.15) is 0 Å². The molecule has 0 saturated carbocycles. The molecular weight excluding hydrogens is 348 g/mol. The van der Waals surface area contributed by atoms with Gasteiger partial charge in [-0.25, -0.2) is 0 Å². The molecule has 1 aliphatic rings. The van der Waals surface area contributed by atoms with Crippen molar-refractivity contribution in [3.63, 3.8) is 0 Å². The fourth-order valence-corrected chi connectivity index (χ4v) is 12.7. The van der Waals surface area contributed by atoms with Gasteiger partial charge in [0.25, 0.3) is 0 Å². The van der Waals surface area contributed by atoms with Crippen molar-refractivity contribution in [2.45, 2.75) is 26.2 Å². The molecular formula is C23H26OSi2. The van der Waals surface area contributed by atoms with Gasteiger partial charge in [-0.15, -0.1) is 0 Å². The van der Waals surface area contributed by atoms with Gasteiger partial charge >= 0.3 is 0 Å². The van der Waals surface area contributed by atoms with Crippen LogP contribution in [0, 0.1) is 0 Å². The molecule has 4 rings (SSSR count). The van der Waals surface area contributed by atoms with E-state index in [1.807, 2.05) is 7.11 Å². The van der Waals surface area contributed by atoms with E-state index in [0.717, 1.165) is 5.75 Å². The van der Waals surface area contributed by atoms with Crippen LogP contribution in [0.25, 0.3) is 11.1 Å². The lowest BCUT2D eigenvalue weighted by Gasteiger charge is -2.39. The molecule has 1 aliphatic heterocycles. The smallest absolute Gasteiger partial charge is 0.118 e. The van der Waals surface area contributed by atoms with Crippen LogP contribution < -0.4 is 25.5 Å². The third-order valence-electron chi connectivity index (χ3n) is 6.04. The Morgan fingerprint density at radius 1 is 0.577 bits per heavy atom. The molecule has 1 nitrogen and oxygen atoms in total. The van der Waals surface area contributed by atoms with Gasteiger partial charge in [0.05, 0.1) is 7.11 Å². The summed E-state index contributed by atoms with van der Waals surface area (Å²) in [5.74, 6) is 1.06. The van der Waals surface area contributed by atoms with Crippen LogP contribution in [-0.4, -0.2) is 23.3 Å². The molecule has 0 N–H and O–H groups in total. The highest BCUT2D eigenvalue weighted by molar-refractivity contribution is 7.10. The predicted octanol–water partition coefficient (Wildman–Crippen LogP) is 3.32. The predicted molar refractivity (Wildman–Crippen MR) is 118 cm³/mol. The van der Waals surface area contributed by atoms with E-state index in [1.165, 1.54) is 31.9 Å². The van der Waals surface area contributed by atoms with Crippen molar-refractivity contribution < 1.29 is 4.74 Å². The Morgan fingerprint density at radius 2 is 1.08 bits per heavy atom. The molecule has 0 aromatic heterocycles. The first kappa shape index (κ1) is 17.3. The van der Waals surface area contributed by atoms with E-state index in [1.54, 1.807) is 0 Å². The molecule has 3 heteroatoms. The standard InChI is InChI=1S/C23H26OSi2/c1-24-19-13-10-16-22-23(19)26(4,5)21-15-9-7-12-18(21)17-11-6-8-14-20(17)25(22,2)3/h6-16H,1-5H3. The molecule has 0 spiro atoms. The number of benzene rings is 3. The van der Waals surface area contributed by atoms with Crippen LogP contribution in [0.4, 0.5) is 0 Å². The van der Waals surface area contributed by atoms with Gasteiger partial charge < -0.3 is 4.74 Å². The molecule has 26 heavy (non-hydrogen) atoms. The van der Waals surface area contributed by atoms with E-state index >= 15 is 0 Å². The van der Waals surface area contributed by atoms with E-state index in [-0.39, 0.29) is 0 Å². The summed E-state index contributed by atoms with van der Waals surface area (Å²) in [5.41, 5.74) is 2.84. The van der Waals surface area contributed by atoms with Gasteiger partial charge in [0.1, 0.15) is 21.9 Å². The van der Waals surface area contributed by atoms with E-state index in [2.05, 4.69) is 92.9 Å². The third-order valence-corrected chi connectivity index (χ3v) is 13.4. The van der Waals surface area contributed by atoms with Crippen LogP contribution in [-0.2, 0) is 0 Å². The van der Waals surface area contributed by atoms with Crippen LogP contribution in [0.15, 0.2) is 66.7 Å². The summed E-state index contributed by atoms with van der Waals surface area (Å²) < 4.78 is 5.90. The second-order valence-electron chi connectivity index (χ2n) is 8.22. The summed E-state index contributed by atoms with van der Waals surface area (Å²) in [6.07, 6.45) is 0. The third kappa shape index (κ3) is 2.34. The molecule has 3 aromatic rings. The Hall–Kier alpha value is -2.11. The zero-order valence-corrected chi connectivity index (χ0v) is 18.3. The number of hydrogen-bond acceptors (Lipinski definition) is 1. The second kappa shape index (κ2) is 5.96. The van der Waals surface area contributed by atoms with Crippen LogP contribution >= 0.6 is 0 Å². The quantitative estimate of drug-likeness (QED) is 0.594. The highest BCUT2D eigenvalue weighted by Gasteiger charge is 2.42. The molecule has 1 heterocycles. The summed E-state index contributed by atoms with van der Waals surface area (Å²) in [6.45, 7) is 9.93. The molecule has 0 saturated heterocycles. The van der Waals surface area contributed by atoms with E-state index in [4.69, 9.17) is 4.74 Å². The minimum Gasteiger partial charge on any atom is -0.497 e. The van der Waals surface area contributed by atoms with E-state index < -0.39 is 16.1 Å². The molecule has 0 unspecified atom stereocenters. The lowest BCUT2D eigenvalue weighted by Crippen LogP contribution is -2.69. The molecule has 0 radical (unpaired) electrons. The van der Waals surface area contributed by atoms with Crippen LogP contribution in [0.5, 0.6) is 5.75 Å². The first-order valence-corrected chi connectivity index (χ1v) is 15.3. The van der Waals surface area contributed by atoms with Crippen molar-refractivity contribution in [3.8, 4) is 16.9 Å². The largest absolute Gasteiger partial charge is 0.497 e. The number of fused-ring (bicyclic) bond motifs is 4. The fourth-order valence-electron chi connectivity index (χ4n) is 4.67. The highest BCUT2D eigenvalue weighted by Crippen LogP contribution is 2.26. The first-order chi connectivity index (χ1) is 12.4. The number of methoxy groups -OCH3 is 1. The molecule has 0 amide bonds. The molecule has 132 valence electrons. The Kier molecular flexibility index (Phi) is 3.97. The number of rotatable bonds is 1. The summed E-state index contributed by atoms with van der Waals surface area (Å²) in [7, 11) is -1.98. The Balaban J connectivity index is 2.23. The Bertz CT molecular complexity index is 989. The fraction of sp³-hybridized carbons (Fsp3) is 0.217. The summed E-state index contributed by atoms with van der Waals surface area (Å²) >= 11 is 0. The SMILES string of the molecule is COc1cccc2c1[Si](C)(C)c1ccccc1-c1ccccc1[Si]2(C)C. The van der Waals surface area contributed by atoms with Gasteiger partial charge in [-0.3, -0.25) is 0 Å². The van der Waals surface area contributed by atoms with Gasteiger partial charge in [-0.05, 0) is 32.8 Å². The van der Waals surface area contributed by atoms with Gasteiger partial charge in [-0.2, -0.15) is 0 Å². The van der Waals surface area contributed by atoms with Crippen molar-refractivity contribution in [3.05, 3.63) is 66.7 Å². The van der Waals surface area contributed by atoms with Crippen molar-refractivity contribution in [1.82, 2.24) is 0 Å². The molecule has 0 bridgehead atoms. The topological polar surface area (TPSA) is 9.23 Å². The second-order valence-corrected chi connectivity index (χ2v) is 16.8. The van der Waals surface area contributed by atoms with Crippen molar-refractivity contribution in [1.29, 1.82) is 0 Å².